The van der Waals surface area contributed by atoms with E-state index in [4.69, 9.17) is 9.47 Å². The lowest BCUT2D eigenvalue weighted by atomic mass is 9.96. The van der Waals surface area contributed by atoms with Gasteiger partial charge in [0, 0.05) is 18.5 Å². The van der Waals surface area contributed by atoms with Crippen molar-refractivity contribution in [1.29, 1.82) is 0 Å². The van der Waals surface area contributed by atoms with Gasteiger partial charge in [-0.25, -0.2) is 0 Å². The summed E-state index contributed by atoms with van der Waals surface area (Å²) < 4.78 is 11.4. The van der Waals surface area contributed by atoms with Gasteiger partial charge >= 0.3 is 0 Å². The fraction of sp³-hybridized carbons (Fsp3) is 1.00. The molecule has 3 atom stereocenters. The molecular weight excluding hydrogens is 234 g/mol. The van der Waals surface area contributed by atoms with Crippen LogP contribution in [-0.4, -0.2) is 53.5 Å². The fourth-order valence-corrected chi connectivity index (χ4v) is 2.34. The summed E-state index contributed by atoms with van der Waals surface area (Å²) in [5, 5.41) is 22.9. The number of aliphatic hydroxyl groups excluding tert-OH is 2. The van der Waals surface area contributed by atoms with Crippen LogP contribution in [0.1, 0.15) is 40.5 Å². The zero-order chi connectivity index (χ0) is 13.8. The van der Waals surface area contributed by atoms with Gasteiger partial charge in [0.25, 0.3) is 0 Å². The molecule has 1 saturated heterocycles. The molecule has 0 aromatic heterocycles. The van der Waals surface area contributed by atoms with Gasteiger partial charge in [-0.2, -0.15) is 0 Å². The Hall–Kier alpha value is -0.200. The van der Waals surface area contributed by atoms with E-state index in [0.29, 0.717) is 19.6 Å². The standard InChI is InChI=1S/C13H27NO4/c1-5-13(17-6-7-18-13)8-11(14-9(2)3)12(16)10(4)15/h9-12,14-16H,5-8H2,1-4H3. The van der Waals surface area contributed by atoms with E-state index in [1.165, 1.54) is 0 Å². The predicted octanol–water partition coefficient (Wildman–Crippen LogP) is 0.638. The van der Waals surface area contributed by atoms with Crippen LogP contribution in [0.4, 0.5) is 0 Å². The second-order valence-electron chi connectivity index (χ2n) is 5.32. The summed E-state index contributed by atoms with van der Waals surface area (Å²) in [6.45, 7) is 8.80. The van der Waals surface area contributed by atoms with Crippen molar-refractivity contribution in [2.45, 2.75) is 70.6 Å². The summed E-state index contributed by atoms with van der Waals surface area (Å²) in [5.41, 5.74) is 0. The van der Waals surface area contributed by atoms with Gasteiger partial charge in [0.2, 0.25) is 0 Å². The van der Waals surface area contributed by atoms with E-state index in [1.54, 1.807) is 6.92 Å². The molecule has 108 valence electrons. The lowest BCUT2D eigenvalue weighted by Crippen LogP contribution is -2.52. The molecule has 0 saturated carbocycles. The van der Waals surface area contributed by atoms with Crippen molar-refractivity contribution in [2.24, 2.45) is 0 Å². The fourth-order valence-electron chi connectivity index (χ4n) is 2.34. The van der Waals surface area contributed by atoms with Gasteiger partial charge in [-0.1, -0.05) is 20.8 Å². The Balaban J connectivity index is 2.70. The number of rotatable bonds is 7. The van der Waals surface area contributed by atoms with Gasteiger partial charge in [0.15, 0.2) is 5.79 Å². The smallest absolute Gasteiger partial charge is 0.169 e. The van der Waals surface area contributed by atoms with Gasteiger partial charge < -0.3 is 25.0 Å². The van der Waals surface area contributed by atoms with Crippen molar-refractivity contribution in [1.82, 2.24) is 5.32 Å². The highest BCUT2D eigenvalue weighted by Gasteiger charge is 2.40. The van der Waals surface area contributed by atoms with Gasteiger partial charge in [-0.3, -0.25) is 0 Å². The minimum Gasteiger partial charge on any atom is -0.391 e. The first-order valence-electron chi connectivity index (χ1n) is 6.80. The molecule has 0 spiro atoms. The highest BCUT2D eigenvalue weighted by Crippen LogP contribution is 2.29. The third-order valence-electron chi connectivity index (χ3n) is 3.34. The lowest BCUT2D eigenvalue weighted by Gasteiger charge is -2.35. The van der Waals surface area contributed by atoms with Crippen LogP contribution in [0.15, 0.2) is 0 Å². The average Bonchev–Trinajstić information content (AvgIpc) is 2.75. The SMILES string of the molecule is CCC1(CC(NC(C)C)C(O)C(C)O)OCCO1. The van der Waals surface area contributed by atoms with Crippen molar-refractivity contribution < 1.29 is 19.7 Å². The second kappa shape index (κ2) is 6.82. The molecule has 1 rings (SSSR count). The quantitative estimate of drug-likeness (QED) is 0.627. The van der Waals surface area contributed by atoms with Crippen LogP contribution in [-0.2, 0) is 9.47 Å². The minimum absolute atomic E-state index is 0.221. The molecule has 1 heterocycles. The molecule has 0 amide bonds. The van der Waals surface area contributed by atoms with Crippen LogP contribution in [0, 0.1) is 0 Å². The normalized spacial score (nSPS) is 24.2. The summed E-state index contributed by atoms with van der Waals surface area (Å²) in [5.74, 6) is -0.623. The molecular formula is C13H27NO4. The predicted molar refractivity (Wildman–Crippen MR) is 69.3 cm³/mol. The molecule has 5 nitrogen and oxygen atoms in total. The van der Waals surface area contributed by atoms with E-state index in [1.807, 2.05) is 20.8 Å². The van der Waals surface area contributed by atoms with Crippen LogP contribution in [0.3, 0.4) is 0 Å². The monoisotopic (exact) mass is 261 g/mol. The van der Waals surface area contributed by atoms with E-state index >= 15 is 0 Å². The third kappa shape index (κ3) is 4.17. The molecule has 0 aromatic carbocycles. The molecule has 3 N–H and O–H groups in total. The van der Waals surface area contributed by atoms with Crippen molar-refractivity contribution in [3.05, 3.63) is 0 Å². The summed E-state index contributed by atoms with van der Waals surface area (Å²) in [7, 11) is 0. The second-order valence-corrected chi connectivity index (χ2v) is 5.32. The van der Waals surface area contributed by atoms with Crippen molar-refractivity contribution >= 4 is 0 Å². The topological polar surface area (TPSA) is 71.0 Å². The molecule has 1 aliphatic heterocycles. The molecule has 1 fully saturated rings. The average molecular weight is 261 g/mol. The Morgan fingerprint density at radius 2 is 1.72 bits per heavy atom. The first-order chi connectivity index (χ1) is 8.40. The third-order valence-corrected chi connectivity index (χ3v) is 3.34. The summed E-state index contributed by atoms with van der Waals surface area (Å²) in [4.78, 5) is 0. The molecule has 18 heavy (non-hydrogen) atoms. The zero-order valence-electron chi connectivity index (χ0n) is 11.8. The highest BCUT2D eigenvalue weighted by molar-refractivity contribution is 4.87. The Kier molecular flexibility index (Phi) is 6.01. The Labute approximate surface area is 109 Å². The largest absolute Gasteiger partial charge is 0.391 e. The summed E-state index contributed by atoms with van der Waals surface area (Å²) in [6, 6.07) is -0.0261. The molecule has 0 radical (unpaired) electrons. The van der Waals surface area contributed by atoms with E-state index < -0.39 is 18.0 Å². The van der Waals surface area contributed by atoms with Crippen molar-refractivity contribution in [3.8, 4) is 0 Å². The summed E-state index contributed by atoms with van der Waals surface area (Å²) in [6.07, 6.45) is -0.344. The molecule has 3 unspecified atom stereocenters. The first-order valence-corrected chi connectivity index (χ1v) is 6.80. The maximum absolute atomic E-state index is 10.1. The molecule has 0 bridgehead atoms. The maximum atomic E-state index is 10.1. The minimum atomic E-state index is -0.830. The molecule has 0 aliphatic carbocycles. The van der Waals surface area contributed by atoms with Gasteiger partial charge in [-0.05, 0) is 13.3 Å². The molecule has 1 aliphatic rings. The number of ether oxygens (including phenoxy) is 2. The van der Waals surface area contributed by atoms with E-state index in [-0.39, 0.29) is 12.1 Å². The van der Waals surface area contributed by atoms with Gasteiger partial charge in [0.05, 0.1) is 25.4 Å². The Morgan fingerprint density at radius 1 is 1.17 bits per heavy atom. The Morgan fingerprint density at radius 3 is 2.11 bits per heavy atom. The number of hydrogen-bond acceptors (Lipinski definition) is 5. The first kappa shape index (κ1) is 15.9. The number of nitrogens with one attached hydrogen (secondary N) is 1. The van der Waals surface area contributed by atoms with Crippen molar-refractivity contribution in [2.75, 3.05) is 13.2 Å². The number of aliphatic hydroxyl groups is 2. The molecule has 5 heteroatoms. The van der Waals surface area contributed by atoms with Crippen molar-refractivity contribution in [3.63, 3.8) is 0 Å². The lowest BCUT2D eigenvalue weighted by molar-refractivity contribution is -0.175. The van der Waals surface area contributed by atoms with Gasteiger partial charge in [0.1, 0.15) is 0 Å². The van der Waals surface area contributed by atoms with Crippen LogP contribution in [0.2, 0.25) is 0 Å². The zero-order valence-corrected chi connectivity index (χ0v) is 11.8. The van der Waals surface area contributed by atoms with E-state index in [2.05, 4.69) is 5.32 Å². The van der Waals surface area contributed by atoms with Crippen LogP contribution in [0.5, 0.6) is 0 Å². The molecule has 0 aromatic rings. The number of hydrogen-bond donors (Lipinski definition) is 3. The van der Waals surface area contributed by atoms with Gasteiger partial charge in [-0.15, -0.1) is 0 Å². The maximum Gasteiger partial charge on any atom is 0.169 e. The Bertz CT molecular complexity index is 239. The summed E-state index contributed by atoms with van der Waals surface area (Å²) >= 11 is 0. The van der Waals surface area contributed by atoms with E-state index in [0.717, 1.165) is 6.42 Å². The van der Waals surface area contributed by atoms with Crippen LogP contribution < -0.4 is 5.32 Å². The van der Waals surface area contributed by atoms with Crippen LogP contribution in [0.25, 0.3) is 0 Å². The highest BCUT2D eigenvalue weighted by atomic mass is 16.7. The van der Waals surface area contributed by atoms with Crippen LogP contribution >= 0.6 is 0 Å². The van der Waals surface area contributed by atoms with E-state index in [9.17, 15) is 10.2 Å².